The van der Waals surface area contributed by atoms with E-state index in [-0.39, 0.29) is 0 Å². The van der Waals surface area contributed by atoms with Crippen LogP contribution in [0.25, 0.3) is 10.6 Å². The SMILES string of the molecule is CCCNCc1sc(-c2cnccc2C)nc1CC. The number of hydrogen-bond donors (Lipinski definition) is 1. The second kappa shape index (κ2) is 6.78. The first-order valence-corrected chi connectivity index (χ1v) is 7.68. The fourth-order valence-corrected chi connectivity index (χ4v) is 3.17. The third kappa shape index (κ3) is 3.39. The lowest BCUT2D eigenvalue weighted by molar-refractivity contribution is 0.677. The summed E-state index contributed by atoms with van der Waals surface area (Å²) in [6.07, 6.45) is 5.89. The quantitative estimate of drug-likeness (QED) is 0.819. The number of nitrogens with zero attached hydrogens (tertiary/aromatic N) is 2. The van der Waals surface area contributed by atoms with Gasteiger partial charge in [0.05, 0.1) is 5.69 Å². The topological polar surface area (TPSA) is 37.8 Å². The minimum absolute atomic E-state index is 0.925. The van der Waals surface area contributed by atoms with Gasteiger partial charge in [0.25, 0.3) is 0 Å². The Bertz CT molecular complexity index is 534. The van der Waals surface area contributed by atoms with E-state index in [2.05, 4.69) is 31.1 Å². The Labute approximate surface area is 119 Å². The first kappa shape index (κ1) is 14.2. The highest BCUT2D eigenvalue weighted by Gasteiger charge is 2.12. The number of aromatic nitrogens is 2. The maximum Gasteiger partial charge on any atom is 0.125 e. The molecule has 19 heavy (non-hydrogen) atoms. The molecule has 2 rings (SSSR count). The maximum absolute atomic E-state index is 4.78. The van der Waals surface area contributed by atoms with Crippen molar-refractivity contribution >= 4 is 11.3 Å². The molecular formula is C15H21N3S. The lowest BCUT2D eigenvalue weighted by Gasteiger charge is -2.01. The molecule has 0 saturated carbocycles. The lowest BCUT2D eigenvalue weighted by Crippen LogP contribution is -2.13. The molecule has 0 radical (unpaired) electrons. The Kier molecular flexibility index (Phi) is 5.05. The lowest BCUT2D eigenvalue weighted by atomic mass is 10.2. The van der Waals surface area contributed by atoms with Crippen LogP contribution in [0.1, 0.15) is 36.4 Å². The van der Waals surface area contributed by atoms with Crippen molar-refractivity contribution in [1.29, 1.82) is 0 Å². The summed E-state index contributed by atoms with van der Waals surface area (Å²) >= 11 is 1.79. The largest absolute Gasteiger partial charge is 0.312 e. The molecule has 0 amide bonds. The van der Waals surface area contributed by atoms with Gasteiger partial charge in [0.2, 0.25) is 0 Å². The van der Waals surface area contributed by atoms with E-state index in [9.17, 15) is 0 Å². The highest BCUT2D eigenvalue weighted by molar-refractivity contribution is 7.15. The Morgan fingerprint density at radius 1 is 1.32 bits per heavy atom. The van der Waals surface area contributed by atoms with Crippen LogP contribution < -0.4 is 5.32 Å². The summed E-state index contributed by atoms with van der Waals surface area (Å²) in [5, 5.41) is 4.55. The van der Waals surface area contributed by atoms with Crippen molar-refractivity contribution in [3.63, 3.8) is 0 Å². The average molecular weight is 275 g/mol. The van der Waals surface area contributed by atoms with Crippen molar-refractivity contribution in [2.45, 2.75) is 40.2 Å². The van der Waals surface area contributed by atoms with Gasteiger partial charge in [0.15, 0.2) is 0 Å². The third-order valence-electron chi connectivity index (χ3n) is 3.09. The molecule has 3 nitrogen and oxygen atoms in total. The van der Waals surface area contributed by atoms with Crippen LogP contribution in [0, 0.1) is 6.92 Å². The predicted octanol–water partition coefficient (Wildman–Crippen LogP) is 3.58. The van der Waals surface area contributed by atoms with Gasteiger partial charge in [-0.15, -0.1) is 11.3 Å². The van der Waals surface area contributed by atoms with Crippen molar-refractivity contribution in [2.75, 3.05) is 6.54 Å². The van der Waals surface area contributed by atoms with Gasteiger partial charge in [-0.2, -0.15) is 0 Å². The zero-order valence-electron chi connectivity index (χ0n) is 11.9. The van der Waals surface area contributed by atoms with Crippen LogP contribution in [0.4, 0.5) is 0 Å². The fourth-order valence-electron chi connectivity index (χ4n) is 1.98. The molecule has 1 N–H and O–H groups in total. The smallest absolute Gasteiger partial charge is 0.125 e. The molecule has 0 unspecified atom stereocenters. The maximum atomic E-state index is 4.78. The first-order valence-electron chi connectivity index (χ1n) is 6.86. The summed E-state index contributed by atoms with van der Waals surface area (Å²) in [6.45, 7) is 8.44. The van der Waals surface area contributed by atoms with Crippen LogP contribution in [0.3, 0.4) is 0 Å². The van der Waals surface area contributed by atoms with Crippen molar-refractivity contribution in [3.8, 4) is 10.6 Å². The molecule has 0 atom stereocenters. The molecule has 0 aliphatic rings. The Balaban J connectivity index is 2.25. The van der Waals surface area contributed by atoms with E-state index in [1.807, 2.05) is 18.5 Å². The molecule has 0 spiro atoms. The molecule has 4 heteroatoms. The normalized spacial score (nSPS) is 10.9. The second-order valence-electron chi connectivity index (χ2n) is 4.61. The molecule has 0 fully saturated rings. The van der Waals surface area contributed by atoms with Crippen LogP contribution >= 0.6 is 11.3 Å². The molecule has 0 bridgehead atoms. The summed E-state index contributed by atoms with van der Waals surface area (Å²) in [5.74, 6) is 0. The molecular weight excluding hydrogens is 254 g/mol. The van der Waals surface area contributed by atoms with Gasteiger partial charge in [0, 0.05) is 29.4 Å². The zero-order chi connectivity index (χ0) is 13.7. The Hall–Kier alpha value is -1.26. The van der Waals surface area contributed by atoms with Gasteiger partial charge in [0.1, 0.15) is 5.01 Å². The van der Waals surface area contributed by atoms with E-state index in [1.54, 1.807) is 11.3 Å². The molecule has 0 aliphatic carbocycles. The standard InChI is InChI=1S/C15H21N3S/c1-4-7-16-10-14-13(5-2)18-15(19-14)12-9-17-8-6-11(12)3/h6,8-9,16H,4-5,7,10H2,1-3H3. The van der Waals surface area contributed by atoms with Crippen LogP contribution in [0.5, 0.6) is 0 Å². The minimum Gasteiger partial charge on any atom is -0.312 e. The van der Waals surface area contributed by atoms with Crippen LogP contribution in [0.15, 0.2) is 18.5 Å². The van der Waals surface area contributed by atoms with Crippen LogP contribution in [-0.2, 0) is 13.0 Å². The number of pyridine rings is 1. The van der Waals surface area contributed by atoms with Gasteiger partial charge < -0.3 is 5.32 Å². The van der Waals surface area contributed by atoms with Crippen LogP contribution in [-0.4, -0.2) is 16.5 Å². The molecule has 2 aromatic rings. The zero-order valence-corrected chi connectivity index (χ0v) is 12.7. The summed E-state index contributed by atoms with van der Waals surface area (Å²) in [5.41, 5.74) is 3.61. The van der Waals surface area contributed by atoms with E-state index < -0.39 is 0 Å². The van der Waals surface area contributed by atoms with Crippen molar-refractivity contribution in [3.05, 3.63) is 34.6 Å². The number of rotatable bonds is 6. The third-order valence-corrected chi connectivity index (χ3v) is 4.23. The molecule has 0 aliphatic heterocycles. The molecule has 0 saturated heterocycles. The molecule has 0 aromatic carbocycles. The van der Waals surface area contributed by atoms with Gasteiger partial charge in [-0.1, -0.05) is 13.8 Å². The van der Waals surface area contributed by atoms with E-state index in [4.69, 9.17) is 4.98 Å². The predicted molar refractivity (Wildman–Crippen MR) is 81.5 cm³/mol. The van der Waals surface area contributed by atoms with Crippen molar-refractivity contribution in [2.24, 2.45) is 0 Å². The van der Waals surface area contributed by atoms with Gasteiger partial charge in [-0.05, 0) is 37.9 Å². The van der Waals surface area contributed by atoms with E-state index in [0.717, 1.165) is 36.5 Å². The van der Waals surface area contributed by atoms with Crippen LogP contribution in [0.2, 0.25) is 0 Å². The number of aryl methyl sites for hydroxylation is 2. The summed E-state index contributed by atoms with van der Waals surface area (Å²) < 4.78 is 0. The van der Waals surface area contributed by atoms with Crippen molar-refractivity contribution in [1.82, 2.24) is 15.3 Å². The summed E-state index contributed by atoms with van der Waals surface area (Å²) in [4.78, 5) is 10.3. The monoisotopic (exact) mass is 275 g/mol. The van der Waals surface area contributed by atoms with Gasteiger partial charge in [-0.3, -0.25) is 4.98 Å². The highest BCUT2D eigenvalue weighted by Crippen LogP contribution is 2.30. The van der Waals surface area contributed by atoms with Crippen molar-refractivity contribution < 1.29 is 0 Å². The number of thiazole rings is 1. The Morgan fingerprint density at radius 2 is 2.16 bits per heavy atom. The average Bonchev–Trinajstić information content (AvgIpc) is 2.83. The molecule has 102 valence electrons. The van der Waals surface area contributed by atoms with Gasteiger partial charge >= 0.3 is 0 Å². The van der Waals surface area contributed by atoms with Gasteiger partial charge in [-0.25, -0.2) is 4.98 Å². The summed E-state index contributed by atoms with van der Waals surface area (Å²) in [7, 11) is 0. The molecule has 2 heterocycles. The number of hydrogen-bond acceptors (Lipinski definition) is 4. The van der Waals surface area contributed by atoms with E-state index in [0.29, 0.717) is 0 Å². The fraction of sp³-hybridized carbons (Fsp3) is 0.467. The minimum atomic E-state index is 0.925. The molecule has 2 aromatic heterocycles. The Morgan fingerprint density at radius 3 is 2.84 bits per heavy atom. The first-order chi connectivity index (χ1) is 9.26. The summed E-state index contributed by atoms with van der Waals surface area (Å²) in [6, 6.07) is 2.04. The van der Waals surface area contributed by atoms with E-state index >= 15 is 0 Å². The van der Waals surface area contributed by atoms with E-state index in [1.165, 1.54) is 16.1 Å². The number of nitrogens with one attached hydrogen (secondary N) is 1. The highest BCUT2D eigenvalue weighted by atomic mass is 32.1. The second-order valence-corrected chi connectivity index (χ2v) is 5.69.